The van der Waals surface area contributed by atoms with Gasteiger partial charge in [0.15, 0.2) is 0 Å². The highest BCUT2D eigenvalue weighted by molar-refractivity contribution is 6.32. The van der Waals surface area contributed by atoms with Crippen LogP contribution < -0.4 is 10.5 Å². The van der Waals surface area contributed by atoms with E-state index in [4.69, 9.17) is 22.1 Å². The van der Waals surface area contributed by atoms with E-state index in [1.807, 2.05) is 6.07 Å². The first-order chi connectivity index (χ1) is 8.67. The minimum Gasteiger partial charge on any atom is -0.495 e. The summed E-state index contributed by atoms with van der Waals surface area (Å²) < 4.78 is 5.49. The van der Waals surface area contributed by atoms with E-state index in [9.17, 15) is 0 Å². The zero-order valence-corrected chi connectivity index (χ0v) is 12.0. The summed E-state index contributed by atoms with van der Waals surface area (Å²) in [6.07, 6.45) is 5.10. The minimum atomic E-state index is 0.341. The van der Waals surface area contributed by atoms with Crippen LogP contribution in [0, 0.1) is 0 Å². The maximum atomic E-state index is 6.35. The number of ether oxygens (including phenoxy) is 1. The highest BCUT2D eigenvalue weighted by Crippen LogP contribution is 2.43. The Morgan fingerprint density at radius 3 is 2.61 bits per heavy atom. The van der Waals surface area contributed by atoms with Gasteiger partial charge in [0.1, 0.15) is 5.75 Å². The van der Waals surface area contributed by atoms with Crippen molar-refractivity contribution in [1.29, 1.82) is 0 Å². The van der Waals surface area contributed by atoms with Gasteiger partial charge in [-0.15, -0.1) is 0 Å². The molecule has 0 aliphatic heterocycles. The third kappa shape index (κ3) is 2.65. The van der Waals surface area contributed by atoms with Gasteiger partial charge in [-0.25, -0.2) is 0 Å². The molecule has 0 radical (unpaired) electrons. The molecule has 1 saturated carbocycles. The van der Waals surface area contributed by atoms with Gasteiger partial charge in [0.2, 0.25) is 0 Å². The van der Waals surface area contributed by atoms with E-state index in [1.54, 1.807) is 7.11 Å². The molecule has 1 atom stereocenters. The Balaban J connectivity index is 2.43. The van der Waals surface area contributed by atoms with Crippen LogP contribution in [0.15, 0.2) is 12.1 Å². The quantitative estimate of drug-likeness (QED) is 0.893. The van der Waals surface area contributed by atoms with E-state index in [2.05, 4.69) is 13.0 Å². The second-order valence-corrected chi connectivity index (χ2v) is 5.65. The fourth-order valence-electron chi connectivity index (χ4n) is 2.81. The molecule has 1 aromatic carbocycles. The van der Waals surface area contributed by atoms with Crippen LogP contribution in [0.25, 0.3) is 0 Å². The third-order valence-electron chi connectivity index (χ3n) is 4.02. The predicted octanol–water partition coefficient (Wildman–Crippen LogP) is 4.07. The Labute approximate surface area is 114 Å². The fourth-order valence-corrected chi connectivity index (χ4v) is 3.12. The van der Waals surface area contributed by atoms with Gasteiger partial charge in [-0.05, 0) is 48.4 Å². The number of nitrogens with two attached hydrogens (primary N) is 1. The van der Waals surface area contributed by atoms with Crippen molar-refractivity contribution in [2.24, 2.45) is 5.73 Å². The van der Waals surface area contributed by atoms with E-state index in [0.717, 1.165) is 10.8 Å². The van der Waals surface area contributed by atoms with Gasteiger partial charge in [-0.1, -0.05) is 37.4 Å². The molecule has 1 aliphatic carbocycles. The van der Waals surface area contributed by atoms with E-state index in [1.165, 1.54) is 36.8 Å². The van der Waals surface area contributed by atoms with Crippen LogP contribution in [0.2, 0.25) is 5.02 Å². The van der Waals surface area contributed by atoms with E-state index in [-0.39, 0.29) is 0 Å². The molecule has 0 bridgehead atoms. The summed E-state index contributed by atoms with van der Waals surface area (Å²) in [4.78, 5) is 0. The molecule has 1 aliphatic rings. The summed E-state index contributed by atoms with van der Waals surface area (Å²) in [5.74, 6) is 1.80. The van der Waals surface area contributed by atoms with Crippen molar-refractivity contribution >= 4 is 11.6 Å². The second kappa shape index (κ2) is 5.94. The Kier molecular flexibility index (Phi) is 4.52. The van der Waals surface area contributed by atoms with Crippen LogP contribution in [-0.4, -0.2) is 13.7 Å². The molecule has 0 amide bonds. The Bertz CT molecular complexity index is 413. The van der Waals surface area contributed by atoms with Gasteiger partial charge in [0.25, 0.3) is 0 Å². The van der Waals surface area contributed by atoms with Crippen LogP contribution in [0.4, 0.5) is 0 Å². The van der Waals surface area contributed by atoms with Gasteiger partial charge < -0.3 is 10.5 Å². The minimum absolute atomic E-state index is 0.341. The van der Waals surface area contributed by atoms with Crippen LogP contribution in [0.1, 0.15) is 55.6 Å². The molecule has 18 heavy (non-hydrogen) atoms. The lowest BCUT2D eigenvalue weighted by molar-refractivity contribution is 0.405. The van der Waals surface area contributed by atoms with Gasteiger partial charge in [-0.2, -0.15) is 0 Å². The molecule has 2 nitrogen and oxygen atoms in total. The maximum Gasteiger partial charge on any atom is 0.140 e. The first-order valence-corrected chi connectivity index (χ1v) is 7.12. The predicted molar refractivity (Wildman–Crippen MR) is 76.7 cm³/mol. The molecule has 100 valence electrons. The van der Waals surface area contributed by atoms with Crippen molar-refractivity contribution in [3.05, 3.63) is 28.3 Å². The van der Waals surface area contributed by atoms with Crippen molar-refractivity contribution in [2.45, 2.75) is 44.4 Å². The first-order valence-electron chi connectivity index (χ1n) is 6.74. The SMILES string of the molecule is COc1c(Cl)cc(C(C)CN)cc1C1CCCC1. The Morgan fingerprint density at radius 1 is 1.39 bits per heavy atom. The van der Waals surface area contributed by atoms with Gasteiger partial charge in [0, 0.05) is 0 Å². The van der Waals surface area contributed by atoms with E-state index in [0.29, 0.717) is 18.4 Å². The lowest BCUT2D eigenvalue weighted by Crippen LogP contribution is -2.10. The summed E-state index contributed by atoms with van der Waals surface area (Å²) in [6.45, 7) is 2.78. The van der Waals surface area contributed by atoms with Gasteiger partial charge in [0.05, 0.1) is 12.1 Å². The highest BCUT2D eigenvalue weighted by atomic mass is 35.5. The zero-order chi connectivity index (χ0) is 13.1. The topological polar surface area (TPSA) is 35.2 Å². The van der Waals surface area contributed by atoms with Gasteiger partial charge >= 0.3 is 0 Å². The van der Waals surface area contributed by atoms with Crippen molar-refractivity contribution in [3.8, 4) is 5.75 Å². The van der Waals surface area contributed by atoms with Crippen LogP contribution in [0.3, 0.4) is 0 Å². The van der Waals surface area contributed by atoms with Crippen LogP contribution in [0.5, 0.6) is 5.75 Å². The molecule has 1 fully saturated rings. The largest absolute Gasteiger partial charge is 0.495 e. The smallest absolute Gasteiger partial charge is 0.140 e. The number of hydrogen-bond donors (Lipinski definition) is 1. The van der Waals surface area contributed by atoms with Crippen molar-refractivity contribution < 1.29 is 4.74 Å². The second-order valence-electron chi connectivity index (χ2n) is 5.24. The van der Waals surface area contributed by atoms with Crippen molar-refractivity contribution in [2.75, 3.05) is 13.7 Å². The summed E-state index contributed by atoms with van der Waals surface area (Å²) in [7, 11) is 1.70. The number of hydrogen-bond acceptors (Lipinski definition) is 2. The Hall–Kier alpha value is -0.730. The zero-order valence-electron chi connectivity index (χ0n) is 11.2. The highest BCUT2D eigenvalue weighted by Gasteiger charge is 2.23. The van der Waals surface area contributed by atoms with Crippen LogP contribution >= 0.6 is 11.6 Å². The molecule has 1 aromatic rings. The van der Waals surface area contributed by atoms with Crippen molar-refractivity contribution in [1.82, 2.24) is 0 Å². The monoisotopic (exact) mass is 267 g/mol. The molecule has 2 rings (SSSR count). The molecule has 3 heteroatoms. The van der Waals surface area contributed by atoms with E-state index >= 15 is 0 Å². The summed E-state index contributed by atoms with van der Waals surface area (Å²) >= 11 is 6.35. The molecular formula is C15H22ClNO. The van der Waals surface area contributed by atoms with Crippen LogP contribution in [-0.2, 0) is 0 Å². The normalized spacial score (nSPS) is 18.0. The number of methoxy groups -OCH3 is 1. The molecule has 2 N–H and O–H groups in total. The average Bonchev–Trinajstić information content (AvgIpc) is 2.90. The molecule has 1 unspecified atom stereocenters. The lowest BCUT2D eigenvalue weighted by Gasteiger charge is -2.19. The molecule has 0 heterocycles. The maximum absolute atomic E-state index is 6.35. The number of rotatable bonds is 4. The Morgan fingerprint density at radius 2 is 2.06 bits per heavy atom. The van der Waals surface area contributed by atoms with Crippen molar-refractivity contribution in [3.63, 3.8) is 0 Å². The molecule has 0 aromatic heterocycles. The average molecular weight is 268 g/mol. The molecule has 0 spiro atoms. The summed E-state index contributed by atoms with van der Waals surface area (Å²) in [5.41, 5.74) is 8.26. The van der Waals surface area contributed by atoms with Gasteiger partial charge in [-0.3, -0.25) is 0 Å². The fraction of sp³-hybridized carbons (Fsp3) is 0.600. The molecule has 0 saturated heterocycles. The standard InChI is InChI=1S/C15H22ClNO/c1-10(9-17)12-7-13(11-5-3-4-6-11)15(18-2)14(16)8-12/h7-8,10-11H,3-6,9,17H2,1-2H3. The van der Waals surface area contributed by atoms with E-state index < -0.39 is 0 Å². The first kappa shape index (κ1) is 13.7. The summed E-state index contributed by atoms with van der Waals surface area (Å²) in [5, 5.41) is 0.720. The molecular weight excluding hydrogens is 246 g/mol. The lowest BCUT2D eigenvalue weighted by atomic mass is 9.91. The summed E-state index contributed by atoms with van der Waals surface area (Å²) in [6, 6.07) is 4.24. The third-order valence-corrected chi connectivity index (χ3v) is 4.30. The number of halogens is 1. The number of benzene rings is 1.